The molecular weight excluding hydrogens is 88.1 g/mol. The number of rotatable bonds is 1. The molecular formula is C5H10N2. The summed E-state index contributed by atoms with van der Waals surface area (Å²) >= 11 is 0. The van der Waals surface area contributed by atoms with Crippen molar-refractivity contribution in [3.63, 3.8) is 0 Å². The molecule has 1 atom stereocenters. The van der Waals surface area contributed by atoms with Crippen LogP contribution in [0.15, 0.2) is 5.11 Å². The molecule has 0 aromatic heterocycles. The van der Waals surface area contributed by atoms with E-state index in [0.29, 0.717) is 11.5 Å². The van der Waals surface area contributed by atoms with E-state index in [-0.39, 0.29) is 0 Å². The zero-order valence-corrected chi connectivity index (χ0v) is 4.73. The van der Waals surface area contributed by atoms with Crippen LogP contribution in [0.3, 0.4) is 0 Å². The summed E-state index contributed by atoms with van der Waals surface area (Å²) in [6.45, 7) is 4.27. The molecule has 2 nitrogen and oxygen atoms in total. The van der Waals surface area contributed by atoms with E-state index in [1.54, 1.807) is 0 Å². The summed E-state index contributed by atoms with van der Waals surface area (Å²) in [5, 5.41) is 3.40. The Morgan fingerprint density at radius 3 is 2.14 bits per heavy atom. The molecule has 0 spiro atoms. The number of hydrogen-bond donors (Lipinski definition) is 1. The summed E-state index contributed by atoms with van der Waals surface area (Å²) in [6, 6.07) is 0.340. The Balaban J connectivity index is 2.44. The monoisotopic (exact) mass is 98.1 g/mol. The molecule has 1 unspecified atom stereocenters. The largest absolute Gasteiger partial charge is 0.210 e. The van der Waals surface area contributed by atoms with Crippen molar-refractivity contribution >= 4 is 0 Å². The van der Waals surface area contributed by atoms with Gasteiger partial charge in [-0.1, -0.05) is 13.8 Å². The molecule has 0 aromatic carbocycles. The highest BCUT2D eigenvalue weighted by atomic mass is 15.0. The van der Waals surface area contributed by atoms with Crippen molar-refractivity contribution in [2.45, 2.75) is 26.3 Å². The first-order chi connectivity index (χ1) is 3.17. The van der Waals surface area contributed by atoms with Crippen molar-refractivity contribution in [2.75, 3.05) is 0 Å². The number of hydrogen-bond acceptors (Lipinski definition) is 2. The van der Waals surface area contributed by atoms with Crippen LogP contribution < -0.4 is 0 Å². The Bertz CT molecular complexity index is 96.3. The molecule has 0 heterocycles. The van der Waals surface area contributed by atoms with Gasteiger partial charge in [-0.15, -0.1) is 0 Å². The third-order valence-electron chi connectivity index (χ3n) is 1.62. The third-order valence-corrected chi connectivity index (χ3v) is 1.62. The molecule has 1 fully saturated rings. The van der Waals surface area contributed by atoms with Gasteiger partial charge in [-0.2, -0.15) is 5.11 Å². The fourth-order valence-electron chi connectivity index (χ4n) is 0.660. The van der Waals surface area contributed by atoms with Gasteiger partial charge in [0.25, 0.3) is 0 Å². The molecule has 0 saturated heterocycles. The van der Waals surface area contributed by atoms with Crippen molar-refractivity contribution < 1.29 is 0 Å². The van der Waals surface area contributed by atoms with Gasteiger partial charge in [-0.3, -0.25) is 0 Å². The second-order valence-electron chi connectivity index (χ2n) is 2.84. The molecule has 1 saturated carbocycles. The molecule has 0 radical (unpaired) electrons. The van der Waals surface area contributed by atoms with Crippen LogP contribution in [-0.4, -0.2) is 6.04 Å². The van der Waals surface area contributed by atoms with Gasteiger partial charge in [-0.25, -0.2) is 5.53 Å². The van der Waals surface area contributed by atoms with E-state index in [4.69, 9.17) is 5.53 Å². The van der Waals surface area contributed by atoms with Crippen molar-refractivity contribution in [3.05, 3.63) is 0 Å². The summed E-state index contributed by atoms with van der Waals surface area (Å²) < 4.78 is 0. The predicted octanol–water partition coefficient (Wildman–Crippen LogP) is 1.82. The highest BCUT2D eigenvalue weighted by molar-refractivity contribution is 5.00. The Kier molecular flexibility index (Phi) is 0.716. The maximum absolute atomic E-state index is 6.60. The van der Waals surface area contributed by atoms with E-state index < -0.39 is 0 Å². The van der Waals surface area contributed by atoms with E-state index in [1.165, 1.54) is 0 Å². The molecule has 1 aliphatic rings. The number of nitrogens with zero attached hydrogens (tertiary/aromatic N) is 1. The third kappa shape index (κ3) is 0.646. The second kappa shape index (κ2) is 1.05. The van der Waals surface area contributed by atoms with Gasteiger partial charge in [0.2, 0.25) is 0 Å². The molecule has 40 valence electrons. The number of nitrogens with one attached hydrogen (secondary N) is 1. The minimum atomic E-state index is 0.340. The van der Waals surface area contributed by atoms with Gasteiger partial charge in [-0.05, 0) is 11.8 Å². The summed E-state index contributed by atoms with van der Waals surface area (Å²) in [5.74, 6) is 0. The van der Waals surface area contributed by atoms with Gasteiger partial charge < -0.3 is 0 Å². The van der Waals surface area contributed by atoms with Crippen LogP contribution in [-0.2, 0) is 0 Å². The molecule has 0 amide bonds. The van der Waals surface area contributed by atoms with Crippen LogP contribution in [0.2, 0.25) is 0 Å². The molecule has 0 aromatic rings. The van der Waals surface area contributed by atoms with Gasteiger partial charge >= 0.3 is 0 Å². The molecule has 0 aliphatic heterocycles. The first kappa shape index (κ1) is 4.75. The lowest BCUT2D eigenvalue weighted by atomic mass is 10.2. The summed E-state index contributed by atoms with van der Waals surface area (Å²) in [6.07, 6.45) is 1.11. The SMILES string of the molecule is CC1(C)CC1N=N. The lowest BCUT2D eigenvalue weighted by molar-refractivity contribution is 0.603. The van der Waals surface area contributed by atoms with E-state index in [9.17, 15) is 0 Å². The molecule has 7 heavy (non-hydrogen) atoms. The fourth-order valence-corrected chi connectivity index (χ4v) is 0.660. The van der Waals surface area contributed by atoms with Crippen molar-refractivity contribution in [2.24, 2.45) is 10.5 Å². The Morgan fingerprint density at radius 2 is 2.14 bits per heavy atom. The highest BCUT2D eigenvalue weighted by Crippen LogP contribution is 2.46. The van der Waals surface area contributed by atoms with Crippen LogP contribution in [0.5, 0.6) is 0 Å². The van der Waals surface area contributed by atoms with Crippen LogP contribution >= 0.6 is 0 Å². The minimum absolute atomic E-state index is 0.340. The molecule has 1 aliphatic carbocycles. The topological polar surface area (TPSA) is 36.2 Å². The van der Waals surface area contributed by atoms with E-state index in [2.05, 4.69) is 19.0 Å². The highest BCUT2D eigenvalue weighted by Gasteiger charge is 2.45. The average molecular weight is 98.1 g/mol. The maximum Gasteiger partial charge on any atom is 0.0763 e. The normalized spacial score (nSPS) is 34.9. The minimum Gasteiger partial charge on any atom is -0.210 e. The standard InChI is InChI=1S/C5H10N2/c1-5(2)3-4(5)7-6/h4,6H,3H2,1-2H3. The maximum atomic E-state index is 6.60. The average Bonchev–Trinajstić information content (AvgIpc) is 2.13. The molecule has 0 bridgehead atoms. The predicted molar refractivity (Wildman–Crippen MR) is 27.3 cm³/mol. The Morgan fingerprint density at radius 1 is 1.71 bits per heavy atom. The van der Waals surface area contributed by atoms with E-state index in [1.807, 2.05) is 0 Å². The smallest absolute Gasteiger partial charge is 0.0763 e. The van der Waals surface area contributed by atoms with Gasteiger partial charge in [0.05, 0.1) is 6.04 Å². The first-order valence-electron chi connectivity index (χ1n) is 2.53. The van der Waals surface area contributed by atoms with Gasteiger partial charge in [0, 0.05) is 0 Å². The lowest BCUT2D eigenvalue weighted by Gasteiger charge is -1.91. The first-order valence-corrected chi connectivity index (χ1v) is 2.53. The molecule has 1 N–H and O–H groups in total. The second-order valence-corrected chi connectivity index (χ2v) is 2.84. The van der Waals surface area contributed by atoms with Crippen molar-refractivity contribution in [1.82, 2.24) is 0 Å². The van der Waals surface area contributed by atoms with Crippen molar-refractivity contribution in [3.8, 4) is 0 Å². The van der Waals surface area contributed by atoms with Crippen LogP contribution in [0, 0.1) is 10.9 Å². The zero-order chi connectivity index (χ0) is 5.49. The summed E-state index contributed by atoms with van der Waals surface area (Å²) in [4.78, 5) is 0. The van der Waals surface area contributed by atoms with Crippen LogP contribution in [0.1, 0.15) is 20.3 Å². The fraction of sp³-hybridized carbons (Fsp3) is 1.00. The quantitative estimate of drug-likeness (QED) is 0.485. The van der Waals surface area contributed by atoms with Gasteiger partial charge in [0.15, 0.2) is 0 Å². The van der Waals surface area contributed by atoms with Crippen molar-refractivity contribution in [1.29, 1.82) is 5.53 Å². The van der Waals surface area contributed by atoms with Gasteiger partial charge in [0.1, 0.15) is 0 Å². The van der Waals surface area contributed by atoms with Crippen LogP contribution in [0.25, 0.3) is 0 Å². The Hall–Kier alpha value is -0.400. The summed E-state index contributed by atoms with van der Waals surface area (Å²) in [7, 11) is 0. The Labute approximate surface area is 43.4 Å². The lowest BCUT2D eigenvalue weighted by Crippen LogP contribution is -1.88. The summed E-state index contributed by atoms with van der Waals surface area (Å²) in [5.41, 5.74) is 6.96. The van der Waals surface area contributed by atoms with E-state index in [0.717, 1.165) is 6.42 Å². The molecule has 1 rings (SSSR count). The zero-order valence-electron chi connectivity index (χ0n) is 4.73. The van der Waals surface area contributed by atoms with Crippen LogP contribution in [0.4, 0.5) is 0 Å². The van der Waals surface area contributed by atoms with E-state index >= 15 is 0 Å². The molecule has 2 heteroatoms.